The van der Waals surface area contributed by atoms with E-state index >= 15 is 0 Å². The number of hydrogen-bond acceptors (Lipinski definition) is 5. The molecule has 1 heterocycles. The lowest BCUT2D eigenvalue weighted by Crippen LogP contribution is -2.13. The van der Waals surface area contributed by atoms with Crippen LogP contribution in [-0.4, -0.2) is 31.6 Å². The fourth-order valence-electron chi connectivity index (χ4n) is 1.66. The fraction of sp³-hybridized carbons (Fsp3) is 0.167. The van der Waals surface area contributed by atoms with Crippen LogP contribution in [-0.2, 0) is 14.8 Å². The molecule has 21 heavy (non-hydrogen) atoms. The van der Waals surface area contributed by atoms with E-state index in [1.54, 1.807) is 12.1 Å². The number of rotatable bonds is 5. The molecule has 0 fully saturated rings. The normalized spacial score (nSPS) is 11.0. The Labute approximate surface area is 121 Å². The molecule has 3 N–H and O–H groups in total. The third-order valence-corrected chi connectivity index (χ3v) is 3.88. The van der Waals surface area contributed by atoms with Crippen LogP contribution in [0.5, 0.6) is 5.75 Å². The van der Waals surface area contributed by atoms with Crippen molar-refractivity contribution < 1.29 is 17.9 Å². The van der Waals surface area contributed by atoms with E-state index < -0.39 is 10.0 Å². The van der Waals surface area contributed by atoms with Crippen LogP contribution in [0.1, 0.15) is 6.92 Å². The van der Waals surface area contributed by atoms with Crippen LogP contribution in [0.15, 0.2) is 35.5 Å². The Kier molecular flexibility index (Phi) is 4.13. The van der Waals surface area contributed by atoms with Crippen molar-refractivity contribution in [2.75, 3.05) is 17.1 Å². The Hall–Kier alpha value is -2.55. The number of carbonyl (C=O) groups is 1. The Bertz CT molecular complexity index is 741. The van der Waals surface area contributed by atoms with Gasteiger partial charge in [-0.05, 0) is 18.2 Å². The lowest BCUT2D eigenvalue weighted by molar-refractivity contribution is -0.114. The summed E-state index contributed by atoms with van der Waals surface area (Å²) in [6.45, 7) is 1.36. The minimum absolute atomic E-state index is 0.00511. The van der Waals surface area contributed by atoms with Crippen molar-refractivity contribution in [2.24, 2.45) is 0 Å². The number of hydrogen-bond donors (Lipinski definition) is 3. The van der Waals surface area contributed by atoms with Gasteiger partial charge < -0.3 is 10.1 Å². The second-order valence-corrected chi connectivity index (χ2v) is 5.82. The second-order valence-electron chi connectivity index (χ2n) is 4.14. The molecular formula is C12H14N4O4S. The van der Waals surface area contributed by atoms with Gasteiger partial charge in [0.15, 0.2) is 0 Å². The summed E-state index contributed by atoms with van der Waals surface area (Å²) in [7, 11) is -2.36. The zero-order valence-corrected chi connectivity index (χ0v) is 12.2. The van der Waals surface area contributed by atoms with Gasteiger partial charge in [0.25, 0.3) is 10.0 Å². The molecule has 0 aliphatic rings. The number of methoxy groups -OCH3 is 1. The predicted molar refractivity (Wildman–Crippen MR) is 76.7 cm³/mol. The topological polar surface area (TPSA) is 113 Å². The molecule has 112 valence electrons. The van der Waals surface area contributed by atoms with Gasteiger partial charge >= 0.3 is 0 Å². The number of carbonyl (C=O) groups excluding carboxylic acids is 1. The number of anilines is 2. The molecule has 8 nitrogen and oxygen atoms in total. The zero-order valence-electron chi connectivity index (χ0n) is 11.4. The monoisotopic (exact) mass is 310 g/mol. The zero-order chi connectivity index (χ0) is 15.5. The van der Waals surface area contributed by atoms with Crippen molar-refractivity contribution in [1.82, 2.24) is 10.2 Å². The maximum atomic E-state index is 12.2. The number of benzene rings is 1. The quantitative estimate of drug-likeness (QED) is 0.767. The third kappa shape index (κ3) is 3.51. The van der Waals surface area contributed by atoms with E-state index in [0.717, 1.165) is 0 Å². The molecule has 0 radical (unpaired) electrons. The average Bonchev–Trinajstić information content (AvgIpc) is 2.92. The van der Waals surface area contributed by atoms with Gasteiger partial charge in [0.1, 0.15) is 10.6 Å². The van der Waals surface area contributed by atoms with E-state index in [4.69, 9.17) is 4.74 Å². The molecule has 2 aromatic rings. The molecule has 0 unspecified atom stereocenters. The second kappa shape index (κ2) is 5.83. The number of amides is 1. The first-order valence-electron chi connectivity index (χ1n) is 5.89. The van der Waals surface area contributed by atoms with Crippen LogP contribution in [0, 0.1) is 0 Å². The lowest BCUT2D eigenvalue weighted by Gasteiger charge is -2.12. The van der Waals surface area contributed by atoms with Crippen molar-refractivity contribution in [3.05, 3.63) is 30.6 Å². The fourth-order valence-corrected chi connectivity index (χ4v) is 2.62. The number of aromatic amines is 1. The molecule has 0 aliphatic carbocycles. The van der Waals surface area contributed by atoms with Gasteiger partial charge in [-0.3, -0.25) is 14.6 Å². The van der Waals surface area contributed by atoms with Gasteiger partial charge in [-0.1, -0.05) is 0 Å². The van der Waals surface area contributed by atoms with Crippen molar-refractivity contribution in [1.29, 1.82) is 0 Å². The van der Waals surface area contributed by atoms with Gasteiger partial charge in [0.2, 0.25) is 5.91 Å². The summed E-state index contributed by atoms with van der Waals surface area (Å²) in [4.78, 5) is 11.1. The summed E-state index contributed by atoms with van der Waals surface area (Å²) in [6, 6.07) is 4.63. The van der Waals surface area contributed by atoms with E-state index in [-0.39, 0.29) is 16.5 Å². The molecule has 1 aromatic carbocycles. The minimum atomic E-state index is -3.78. The summed E-state index contributed by atoms with van der Waals surface area (Å²) in [6.07, 6.45) is 2.44. The first kappa shape index (κ1) is 14.9. The molecule has 0 saturated heterocycles. The Morgan fingerprint density at radius 3 is 2.71 bits per heavy atom. The molecule has 0 atom stereocenters. The van der Waals surface area contributed by atoms with Crippen LogP contribution in [0.4, 0.5) is 11.4 Å². The summed E-state index contributed by atoms with van der Waals surface area (Å²) < 4.78 is 31.8. The summed E-state index contributed by atoms with van der Waals surface area (Å²) >= 11 is 0. The minimum Gasteiger partial charge on any atom is -0.495 e. The van der Waals surface area contributed by atoms with E-state index in [1.165, 1.54) is 32.5 Å². The summed E-state index contributed by atoms with van der Waals surface area (Å²) in [5.74, 6) is 0.0694. The van der Waals surface area contributed by atoms with Crippen molar-refractivity contribution in [3.63, 3.8) is 0 Å². The maximum absolute atomic E-state index is 12.2. The van der Waals surface area contributed by atoms with E-state index in [1.807, 2.05) is 0 Å². The van der Waals surface area contributed by atoms with Gasteiger partial charge in [0.05, 0.1) is 19.0 Å². The highest BCUT2D eigenvalue weighted by Gasteiger charge is 2.18. The number of nitrogens with zero attached hydrogens (tertiary/aromatic N) is 1. The van der Waals surface area contributed by atoms with Crippen LogP contribution < -0.4 is 14.8 Å². The van der Waals surface area contributed by atoms with Gasteiger partial charge in [-0.25, -0.2) is 8.42 Å². The van der Waals surface area contributed by atoms with Crippen LogP contribution in [0.3, 0.4) is 0 Å². The molecule has 0 saturated carbocycles. The van der Waals surface area contributed by atoms with Crippen molar-refractivity contribution >= 4 is 27.3 Å². The van der Waals surface area contributed by atoms with Crippen molar-refractivity contribution in [2.45, 2.75) is 11.8 Å². The standard InChI is InChI=1S/C12H14N4O4S/c1-8(17)15-9-3-4-12(20-2)11(5-9)16-21(18,19)10-6-13-14-7-10/h3-7,16H,1-2H3,(H,13,14)(H,15,17). The smallest absolute Gasteiger partial charge is 0.265 e. The van der Waals surface area contributed by atoms with Gasteiger partial charge in [-0.2, -0.15) is 5.10 Å². The van der Waals surface area contributed by atoms with Gasteiger partial charge in [0, 0.05) is 18.8 Å². The van der Waals surface area contributed by atoms with E-state index in [0.29, 0.717) is 11.4 Å². The highest BCUT2D eigenvalue weighted by molar-refractivity contribution is 7.92. The van der Waals surface area contributed by atoms with Gasteiger partial charge in [-0.15, -0.1) is 0 Å². The SMILES string of the molecule is COc1ccc(NC(C)=O)cc1NS(=O)(=O)c1cn[nH]c1. The van der Waals surface area contributed by atoms with E-state index in [9.17, 15) is 13.2 Å². The van der Waals surface area contributed by atoms with Crippen LogP contribution in [0.25, 0.3) is 0 Å². The number of sulfonamides is 1. The Morgan fingerprint density at radius 2 is 2.14 bits per heavy atom. The number of ether oxygens (including phenoxy) is 1. The average molecular weight is 310 g/mol. The molecule has 2 rings (SSSR count). The molecule has 0 bridgehead atoms. The maximum Gasteiger partial charge on any atom is 0.265 e. The number of nitrogens with one attached hydrogen (secondary N) is 3. The molecule has 9 heteroatoms. The highest BCUT2D eigenvalue weighted by atomic mass is 32.2. The summed E-state index contributed by atoms with van der Waals surface area (Å²) in [5, 5.41) is 8.60. The molecule has 0 spiro atoms. The predicted octanol–water partition coefficient (Wildman–Crippen LogP) is 1.18. The highest BCUT2D eigenvalue weighted by Crippen LogP contribution is 2.29. The molecular weight excluding hydrogens is 296 g/mol. The third-order valence-electron chi connectivity index (χ3n) is 2.55. The molecule has 1 aromatic heterocycles. The lowest BCUT2D eigenvalue weighted by atomic mass is 10.2. The Balaban J connectivity index is 2.35. The first-order valence-corrected chi connectivity index (χ1v) is 7.38. The van der Waals surface area contributed by atoms with Crippen molar-refractivity contribution in [3.8, 4) is 5.75 Å². The Morgan fingerprint density at radius 1 is 1.38 bits per heavy atom. The number of H-pyrrole nitrogens is 1. The largest absolute Gasteiger partial charge is 0.495 e. The van der Waals surface area contributed by atoms with E-state index in [2.05, 4.69) is 20.2 Å². The van der Waals surface area contributed by atoms with Crippen LogP contribution in [0.2, 0.25) is 0 Å². The first-order chi connectivity index (χ1) is 9.92. The number of aromatic nitrogens is 2. The van der Waals surface area contributed by atoms with Crippen LogP contribution >= 0.6 is 0 Å². The molecule has 0 aliphatic heterocycles. The molecule has 1 amide bonds. The summed E-state index contributed by atoms with van der Waals surface area (Å²) in [5.41, 5.74) is 0.665.